The average molecular weight is 165 g/mol. The van der Waals surface area contributed by atoms with Crippen LogP contribution in [0.2, 0.25) is 0 Å². The molecule has 0 saturated carbocycles. The van der Waals surface area contributed by atoms with Crippen LogP contribution in [0.5, 0.6) is 0 Å². The lowest BCUT2D eigenvalue weighted by Gasteiger charge is -1.94. The lowest BCUT2D eigenvalue weighted by atomic mass is 10.5. The second-order valence-corrected chi connectivity index (χ2v) is 1.86. The van der Waals surface area contributed by atoms with Gasteiger partial charge in [0.05, 0.1) is 0 Å². The standard InChI is InChI=1S/C7H9N3.C2H6/c1-4-7-9-8-6(3)10(7)5-2;1-2/h4-5H,1-2H2,3H3;1-2H3. The van der Waals surface area contributed by atoms with Gasteiger partial charge in [0.1, 0.15) is 5.82 Å². The maximum atomic E-state index is 3.83. The van der Waals surface area contributed by atoms with Gasteiger partial charge in [-0.05, 0) is 13.0 Å². The Labute approximate surface area is 73.4 Å². The molecule has 0 N–H and O–H groups in total. The van der Waals surface area contributed by atoms with E-state index in [1.54, 1.807) is 16.8 Å². The van der Waals surface area contributed by atoms with Crippen molar-refractivity contribution in [1.82, 2.24) is 14.8 Å². The maximum Gasteiger partial charge on any atom is 0.160 e. The Kier molecular flexibility index (Phi) is 4.69. The van der Waals surface area contributed by atoms with Crippen LogP contribution in [0.3, 0.4) is 0 Å². The first kappa shape index (κ1) is 10.6. The van der Waals surface area contributed by atoms with Crippen LogP contribution in [0.4, 0.5) is 0 Å². The van der Waals surface area contributed by atoms with E-state index in [0.717, 1.165) is 11.6 Å². The summed E-state index contributed by atoms with van der Waals surface area (Å²) < 4.78 is 1.77. The maximum absolute atomic E-state index is 3.83. The van der Waals surface area contributed by atoms with Crippen LogP contribution in [0.1, 0.15) is 25.5 Å². The van der Waals surface area contributed by atoms with E-state index in [4.69, 9.17) is 0 Å². The number of aromatic nitrogens is 3. The van der Waals surface area contributed by atoms with Crippen LogP contribution < -0.4 is 0 Å². The highest BCUT2D eigenvalue weighted by molar-refractivity contribution is 5.41. The van der Waals surface area contributed by atoms with Crippen molar-refractivity contribution in [3.63, 3.8) is 0 Å². The Bertz CT molecular complexity index is 261. The number of rotatable bonds is 2. The van der Waals surface area contributed by atoms with E-state index >= 15 is 0 Å². The topological polar surface area (TPSA) is 30.7 Å². The Morgan fingerprint density at radius 3 is 2.17 bits per heavy atom. The Morgan fingerprint density at radius 1 is 1.25 bits per heavy atom. The van der Waals surface area contributed by atoms with Gasteiger partial charge in [0.2, 0.25) is 0 Å². The molecule has 0 amide bonds. The van der Waals surface area contributed by atoms with Gasteiger partial charge >= 0.3 is 0 Å². The molecule has 3 nitrogen and oxygen atoms in total. The van der Waals surface area contributed by atoms with Crippen LogP contribution in [0.15, 0.2) is 13.2 Å². The van der Waals surface area contributed by atoms with Crippen molar-refractivity contribution in [2.24, 2.45) is 0 Å². The van der Waals surface area contributed by atoms with E-state index in [1.165, 1.54) is 0 Å². The first-order valence-corrected chi connectivity index (χ1v) is 3.96. The molecular weight excluding hydrogens is 150 g/mol. The number of nitrogens with zero attached hydrogens (tertiary/aromatic N) is 3. The first-order valence-electron chi connectivity index (χ1n) is 3.96. The molecule has 0 aromatic carbocycles. The van der Waals surface area contributed by atoms with Crippen molar-refractivity contribution in [3.05, 3.63) is 24.8 Å². The van der Waals surface area contributed by atoms with Gasteiger partial charge in [0.25, 0.3) is 0 Å². The molecule has 1 rings (SSSR count). The third-order valence-electron chi connectivity index (χ3n) is 1.26. The molecule has 1 aromatic heterocycles. The molecule has 0 saturated heterocycles. The molecule has 0 unspecified atom stereocenters. The fourth-order valence-electron chi connectivity index (χ4n) is 0.751. The van der Waals surface area contributed by atoms with Crippen molar-refractivity contribution in [2.45, 2.75) is 20.8 Å². The molecular formula is C9H15N3. The summed E-state index contributed by atoms with van der Waals surface area (Å²) in [5.74, 6) is 1.55. The summed E-state index contributed by atoms with van der Waals surface area (Å²) >= 11 is 0. The third-order valence-corrected chi connectivity index (χ3v) is 1.26. The largest absolute Gasteiger partial charge is 0.287 e. The minimum Gasteiger partial charge on any atom is -0.287 e. The summed E-state index contributed by atoms with van der Waals surface area (Å²) in [7, 11) is 0. The highest BCUT2D eigenvalue weighted by atomic mass is 15.3. The normalized spacial score (nSPS) is 8.25. The van der Waals surface area contributed by atoms with Crippen LogP contribution in [0, 0.1) is 6.92 Å². The van der Waals surface area contributed by atoms with Crippen molar-refractivity contribution in [3.8, 4) is 0 Å². The number of hydrogen-bond donors (Lipinski definition) is 0. The number of aryl methyl sites for hydroxylation is 1. The SMILES string of the molecule is C=Cc1nnc(C)n1C=C.CC. The number of hydrogen-bond acceptors (Lipinski definition) is 2. The molecule has 0 spiro atoms. The van der Waals surface area contributed by atoms with Crippen LogP contribution in [-0.4, -0.2) is 14.8 Å². The molecule has 12 heavy (non-hydrogen) atoms. The molecule has 1 aromatic rings. The van der Waals surface area contributed by atoms with Gasteiger partial charge in [-0.25, -0.2) is 0 Å². The molecule has 0 aliphatic carbocycles. The Balaban J connectivity index is 0.000000561. The minimum absolute atomic E-state index is 0.729. The van der Waals surface area contributed by atoms with Crippen LogP contribution in [0.25, 0.3) is 12.3 Å². The van der Waals surface area contributed by atoms with E-state index in [1.807, 2.05) is 20.8 Å². The van der Waals surface area contributed by atoms with Gasteiger partial charge in [0.15, 0.2) is 5.82 Å². The fraction of sp³-hybridized carbons (Fsp3) is 0.333. The lowest BCUT2D eigenvalue weighted by molar-refractivity contribution is 1.01. The summed E-state index contributed by atoms with van der Waals surface area (Å²) in [5, 5.41) is 7.66. The second kappa shape index (κ2) is 5.29. The molecule has 0 fully saturated rings. The minimum atomic E-state index is 0.729. The molecule has 0 aliphatic rings. The zero-order valence-corrected chi connectivity index (χ0v) is 7.91. The second-order valence-electron chi connectivity index (χ2n) is 1.86. The monoisotopic (exact) mass is 165 g/mol. The molecule has 0 aliphatic heterocycles. The summed E-state index contributed by atoms with van der Waals surface area (Å²) in [5.41, 5.74) is 0. The quantitative estimate of drug-likeness (QED) is 0.673. The van der Waals surface area contributed by atoms with Crippen LogP contribution >= 0.6 is 0 Å². The van der Waals surface area contributed by atoms with E-state index in [0.29, 0.717) is 0 Å². The summed E-state index contributed by atoms with van der Waals surface area (Å²) in [6.45, 7) is 13.1. The molecule has 0 atom stereocenters. The van der Waals surface area contributed by atoms with Gasteiger partial charge in [-0.3, -0.25) is 4.57 Å². The van der Waals surface area contributed by atoms with Gasteiger partial charge in [0, 0.05) is 6.20 Å². The van der Waals surface area contributed by atoms with E-state index in [-0.39, 0.29) is 0 Å². The smallest absolute Gasteiger partial charge is 0.160 e. The highest BCUT2D eigenvalue weighted by Gasteiger charge is 1.99. The summed E-state index contributed by atoms with van der Waals surface area (Å²) in [4.78, 5) is 0. The zero-order chi connectivity index (χ0) is 9.56. The third kappa shape index (κ3) is 2.05. The molecule has 3 heteroatoms. The fourth-order valence-corrected chi connectivity index (χ4v) is 0.751. The van der Waals surface area contributed by atoms with Crippen LogP contribution in [-0.2, 0) is 0 Å². The predicted molar refractivity (Wildman–Crippen MR) is 52.6 cm³/mol. The van der Waals surface area contributed by atoms with E-state index in [9.17, 15) is 0 Å². The van der Waals surface area contributed by atoms with Crippen molar-refractivity contribution >= 4 is 12.3 Å². The van der Waals surface area contributed by atoms with Gasteiger partial charge < -0.3 is 0 Å². The lowest BCUT2D eigenvalue weighted by Crippen LogP contribution is -1.91. The van der Waals surface area contributed by atoms with Gasteiger partial charge in [-0.2, -0.15) is 0 Å². The zero-order valence-electron chi connectivity index (χ0n) is 7.91. The molecule has 0 bridgehead atoms. The van der Waals surface area contributed by atoms with Gasteiger partial charge in [-0.15, -0.1) is 10.2 Å². The van der Waals surface area contributed by atoms with Crippen molar-refractivity contribution in [2.75, 3.05) is 0 Å². The summed E-state index contributed by atoms with van der Waals surface area (Å²) in [6, 6.07) is 0. The van der Waals surface area contributed by atoms with E-state index < -0.39 is 0 Å². The average Bonchev–Trinajstić information content (AvgIpc) is 2.49. The summed E-state index contributed by atoms with van der Waals surface area (Å²) in [6.07, 6.45) is 3.30. The Morgan fingerprint density at radius 2 is 1.83 bits per heavy atom. The highest BCUT2D eigenvalue weighted by Crippen LogP contribution is 2.00. The van der Waals surface area contributed by atoms with Crippen molar-refractivity contribution in [1.29, 1.82) is 0 Å². The predicted octanol–water partition coefficient (Wildman–Crippen LogP) is 2.36. The first-order chi connectivity index (χ1) is 5.79. The van der Waals surface area contributed by atoms with Crippen molar-refractivity contribution < 1.29 is 0 Å². The molecule has 66 valence electrons. The molecule has 1 heterocycles. The molecule has 0 radical (unpaired) electrons. The Hall–Kier alpha value is -1.38. The van der Waals surface area contributed by atoms with E-state index in [2.05, 4.69) is 23.4 Å². The van der Waals surface area contributed by atoms with Gasteiger partial charge in [-0.1, -0.05) is 27.0 Å².